The molecule has 1 aliphatic carbocycles. The third-order valence-corrected chi connectivity index (χ3v) is 6.64. The Hall–Kier alpha value is -4.24. The zero-order chi connectivity index (χ0) is 20.7. The van der Waals surface area contributed by atoms with Gasteiger partial charge in [-0.1, -0.05) is 54.6 Å². The van der Waals surface area contributed by atoms with Crippen LogP contribution in [0.25, 0.3) is 65.3 Å². The van der Waals surface area contributed by atoms with E-state index in [1.165, 1.54) is 43.8 Å². The van der Waals surface area contributed by atoms with Crippen molar-refractivity contribution in [2.24, 2.45) is 0 Å². The highest BCUT2D eigenvalue weighted by Crippen LogP contribution is 2.51. The lowest BCUT2D eigenvalue weighted by Crippen LogP contribution is -1.88. The summed E-state index contributed by atoms with van der Waals surface area (Å²) in [6.45, 7) is 0. The predicted octanol–water partition coefficient (Wildman–Crippen LogP) is 7.86. The summed E-state index contributed by atoms with van der Waals surface area (Å²) in [6, 6.07) is 31.0. The summed E-state index contributed by atoms with van der Waals surface area (Å²) in [5.74, 6) is 0. The van der Waals surface area contributed by atoms with Gasteiger partial charge in [0, 0.05) is 12.1 Å². The number of nitrogens with zero attached hydrogens (tertiary/aromatic N) is 1. The van der Waals surface area contributed by atoms with Gasteiger partial charge in [0.25, 0.3) is 5.69 Å². The minimum Gasteiger partial charge on any atom is -0.258 e. The van der Waals surface area contributed by atoms with Crippen molar-refractivity contribution in [3.63, 3.8) is 0 Å². The Morgan fingerprint density at radius 3 is 2.03 bits per heavy atom. The second-order valence-corrected chi connectivity index (χ2v) is 8.22. The number of rotatable bonds is 1. The molecule has 0 N–H and O–H groups in total. The van der Waals surface area contributed by atoms with Crippen LogP contribution in [0, 0.1) is 10.1 Å². The normalized spacial score (nSPS) is 12.1. The Balaban J connectivity index is 1.68. The van der Waals surface area contributed by atoms with Crippen molar-refractivity contribution < 1.29 is 4.92 Å². The first-order valence-corrected chi connectivity index (χ1v) is 10.3. The minimum atomic E-state index is -0.322. The van der Waals surface area contributed by atoms with Crippen molar-refractivity contribution in [3.05, 3.63) is 101 Å². The summed E-state index contributed by atoms with van der Waals surface area (Å²) in [5.41, 5.74) is 5.07. The number of nitro groups is 1. The van der Waals surface area contributed by atoms with Crippen molar-refractivity contribution in [3.8, 4) is 22.3 Å². The van der Waals surface area contributed by atoms with Gasteiger partial charge in [0.1, 0.15) is 0 Å². The lowest BCUT2D eigenvalue weighted by atomic mass is 9.93. The van der Waals surface area contributed by atoms with Crippen LogP contribution < -0.4 is 0 Å². The molecule has 0 saturated carbocycles. The Morgan fingerprint density at radius 1 is 0.516 bits per heavy atom. The molecular weight excluding hydrogens is 382 g/mol. The largest absolute Gasteiger partial charge is 0.270 e. The van der Waals surface area contributed by atoms with Gasteiger partial charge in [-0.15, -0.1) is 0 Å². The third-order valence-electron chi connectivity index (χ3n) is 6.64. The molecular formula is C28H15NO2. The lowest BCUT2D eigenvalue weighted by Gasteiger charge is -2.10. The molecule has 0 aliphatic heterocycles. The fourth-order valence-corrected chi connectivity index (χ4v) is 5.24. The molecule has 0 heterocycles. The number of hydrogen-bond acceptors (Lipinski definition) is 2. The smallest absolute Gasteiger partial charge is 0.258 e. The average molecular weight is 397 g/mol. The van der Waals surface area contributed by atoms with E-state index in [2.05, 4.69) is 72.8 Å². The molecule has 0 fully saturated rings. The van der Waals surface area contributed by atoms with Crippen LogP contribution in [0.5, 0.6) is 0 Å². The molecule has 31 heavy (non-hydrogen) atoms. The fraction of sp³-hybridized carbons (Fsp3) is 0. The molecule has 3 heteroatoms. The van der Waals surface area contributed by atoms with Crippen molar-refractivity contribution in [1.82, 2.24) is 0 Å². The van der Waals surface area contributed by atoms with Crippen molar-refractivity contribution in [2.45, 2.75) is 0 Å². The number of hydrogen-bond donors (Lipinski definition) is 0. The molecule has 0 atom stereocenters. The van der Waals surface area contributed by atoms with Crippen LogP contribution in [-0.2, 0) is 0 Å². The standard InChI is InChI=1S/C28H15NO2/c30-29(31)19-10-8-16-9-11-20-21-6-3-7-22-24-12-17-4-1-2-5-18(17)13-25(24)27(28(21)22)15-26(20)23(16)14-19/h1-15H. The second kappa shape index (κ2) is 5.67. The van der Waals surface area contributed by atoms with Crippen LogP contribution in [0.15, 0.2) is 91.0 Å². The van der Waals surface area contributed by atoms with Crippen molar-refractivity contribution in [2.75, 3.05) is 0 Å². The first kappa shape index (κ1) is 16.5. The molecule has 0 radical (unpaired) electrons. The molecule has 6 aromatic rings. The van der Waals surface area contributed by atoms with Crippen LogP contribution in [0.3, 0.4) is 0 Å². The van der Waals surface area contributed by atoms with Gasteiger partial charge in [-0.25, -0.2) is 0 Å². The van der Waals surface area contributed by atoms with Gasteiger partial charge in [-0.3, -0.25) is 10.1 Å². The monoisotopic (exact) mass is 397 g/mol. The van der Waals surface area contributed by atoms with Crippen LogP contribution in [0.1, 0.15) is 0 Å². The van der Waals surface area contributed by atoms with Crippen molar-refractivity contribution >= 4 is 48.8 Å². The molecule has 0 spiro atoms. The van der Waals surface area contributed by atoms with E-state index in [1.807, 2.05) is 6.07 Å². The average Bonchev–Trinajstić information content (AvgIpc) is 3.11. The number of fused-ring (bicyclic) bond motifs is 8. The maximum Gasteiger partial charge on any atom is 0.270 e. The van der Waals surface area contributed by atoms with Gasteiger partial charge in [0.2, 0.25) is 0 Å². The highest BCUT2D eigenvalue weighted by Gasteiger charge is 2.24. The summed E-state index contributed by atoms with van der Waals surface area (Å²) in [6.07, 6.45) is 0. The van der Waals surface area contributed by atoms with Gasteiger partial charge in [0.05, 0.1) is 4.92 Å². The number of benzene rings is 6. The zero-order valence-electron chi connectivity index (χ0n) is 16.4. The number of non-ortho nitro benzene ring substituents is 1. The quantitative estimate of drug-likeness (QED) is 0.161. The molecule has 0 unspecified atom stereocenters. The second-order valence-electron chi connectivity index (χ2n) is 8.22. The van der Waals surface area contributed by atoms with Crippen LogP contribution >= 0.6 is 0 Å². The SMILES string of the molecule is O=[N+]([O-])c1ccc2ccc3c4cccc5c4c(cc3c2c1)-c1cc2ccccc2cc1-5. The van der Waals surface area contributed by atoms with Gasteiger partial charge in [-0.2, -0.15) is 0 Å². The molecule has 144 valence electrons. The summed E-state index contributed by atoms with van der Waals surface area (Å²) < 4.78 is 0. The zero-order valence-corrected chi connectivity index (χ0v) is 16.4. The van der Waals surface area contributed by atoms with E-state index < -0.39 is 0 Å². The van der Waals surface area contributed by atoms with Gasteiger partial charge < -0.3 is 0 Å². The summed E-state index contributed by atoms with van der Waals surface area (Å²) in [7, 11) is 0. The minimum absolute atomic E-state index is 0.122. The molecule has 6 aromatic carbocycles. The lowest BCUT2D eigenvalue weighted by molar-refractivity contribution is -0.384. The van der Waals surface area contributed by atoms with E-state index in [0.717, 1.165) is 21.5 Å². The third kappa shape index (κ3) is 2.12. The Bertz CT molecular complexity index is 1770. The Morgan fingerprint density at radius 2 is 1.26 bits per heavy atom. The maximum atomic E-state index is 11.4. The van der Waals surface area contributed by atoms with Crippen molar-refractivity contribution in [1.29, 1.82) is 0 Å². The highest BCUT2D eigenvalue weighted by atomic mass is 16.6. The first-order valence-electron chi connectivity index (χ1n) is 10.3. The van der Waals surface area contributed by atoms with Crippen LogP contribution in [0.2, 0.25) is 0 Å². The van der Waals surface area contributed by atoms with E-state index in [9.17, 15) is 10.1 Å². The summed E-state index contributed by atoms with van der Waals surface area (Å²) in [5, 5.41) is 20.5. The van der Waals surface area contributed by atoms with Gasteiger partial charge in [-0.05, 0) is 89.6 Å². The molecule has 0 amide bonds. The molecule has 0 saturated heterocycles. The fourth-order valence-electron chi connectivity index (χ4n) is 5.24. The van der Waals surface area contributed by atoms with E-state index >= 15 is 0 Å². The van der Waals surface area contributed by atoms with Gasteiger partial charge in [0.15, 0.2) is 0 Å². The number of nitro benzene ring substituents is 1. The molecule has 3 nitrogen and oxygen atoms in total. The summed E-state index contributed by atoms with van der Waals surface area (Å²) in [4.78, 5) is 11.1. The van der Waals surface area contributed by atoms with E-state index in [1.54, 1.807) is 12.1 Å². The summed E-state index contributed by atoms with van der Waals surface area (Å²) >= 11 is 0. The van der Waals surface area contributed by atoms with Crippen LogP contribution in [-0.4, -0.2) is 4.92 Å². The van der Waals surface area contributed by atoms with E-state index in [4.69, 9.17) is 0 Å². The maximum absolute atomic E-state index is 11.4. The topological polar surface area (TPSA) is 43.1 Å². The first-order chi connectivity index (χ1) is 15.2. The molecule has 0 bridgehead atoms. The van der Waals surface area contributed by atoms with E-state index in [-0.39, 0.29) is 10.6 Å². The van der Waals surface area contributed by atoms with Gasteiger partial charge >= 0.3 is 0 Å². The Kier molecular flexibility index (Phi) is 3.03. The Labute approximate surface area is 177 Å². The van der Waals surface area contributed by atoms with E-state index in [0.29, 0.717) is 0 Å². The van der Waals surface area contributed by atoms with Crippen LogP contribution in [0.4, 0.5) is 5.69 Å². The predicted molar refractivity (Wildman–Crippen MR) is 128 cm³/mol. The molecule has 1 aliphatic rings. The highest BCUT2D eigenvalue weighted by molar-refractivity contribution is 6.27. The molecule has 0 aromatic heterocycles. The molecule has 7 rings (SSSR count).